The molecule has 6 nitrogen and oxygen atoms in total. The summed E-state index contributed by atoms with van der Waals surface area (Å²) in [7, 11) is 1.30. The molecule has 0 heterocycles. The van der Waals surface area contributed by atoms with E-state index in [1.54, 1.807) is 0 Å². The molecule has 1 atom stereocenters. The molecule has 0 saturated carbocycles. The quantitative estimate of drug-likeness (QED) is 0.556. The number of nitrogens with one attached hydrogen (secondary N) is 2. The molecule has 2 N–H and O–H groups in total. The third kappa shape index (κ3) is 6.76. The van der Waals surface area contributed by atoms with Crippen molar-refractivity contribution >= 4 is 12.0 Å². The Kier molecular flexibility index (Phi) is 7.89. The third-order valence-electron chi connectivity index (χ3n) is 2.81. The lowest BCUT2D eigenvalue weighted by Gasteiger charge is -2.17. The number of benzene rings is 1. The number of hydrogen-bond acceptors (Lipinski definition) is 4. The first kappa shape index (κ1) is 17.0. The molecule has 21 heavy (non-hydrogen) atoms. The number of hydrogen-bond donors (Lipinski definition) is 2. The normalized spacial score (nSPS) is 11.5. The Bertz CT molecular complexity index is 437. The molecule has 0 unspecified atom stereocenters. The highest BCUT2D eigenvalue weighted by molar-refractivity contribution is 5.83. The SMILES string of the molecule is CCOCCNC(=O)N[C@H](Cc1ccccc1)C(=O)OC. The van der Waals surface area contributed by atoms with Crippen LogP contribution in [0, 0.1) is 0 Å². The lowest BCUT2D eigenvalue weighted by molar-refractivity contribution is -0.142. The van der Waals surface area contributed by atoms with Crippen molar-refractivity contribution in [1.82, 2.24) is 10.6 Å². The van der Waals surface area contributed by atoms with E-state index in [4.69, 9.17) is 9.47 Å². The minimum atomic E-state index is -0.718. The largest absolute Gasteiger partial charge is 0.467 e. The summed E-state index contributed by atoms with van der Waals surface area (Å²) in [6.45, 7) is 3.31. The maximum absolute atomic E-state index is 11.7. The molecular weight excluding hydrogens is 272 g/mol. The summed E-state index contributed by atoms with van der Waals surface area (Å²) in [6, 6.07) is 8.31. The molecule has 0 aliphatic carbocycles. The van der Waals surface area contributed by atoms with E-state index < -0.39 is 18.0 Å². The Morgan fingerprint density at radius 2 is 1.95 bits per heavy atom. The molecule has 1 aromatic carbocycles. The van der Waals surface area contributed by atoms with Gasteiger partial charge in [0.05, 0.1) is 13.7 Å². The molecule has 6 heteroatoms. The van der Waals surface area contributed by atoms with Crippen molar-refractivity contribution in [2.45, 2.75) is 19.4 Å². The average molecular weight is 294 g/mol. The van der Waals surface area contributed by atoms with E-state index in [1.807, 2.05) is 37.3 Å². The molecule has 0 radical (unpaired) electrons. The van der Waals surface area contributed by atoms with E-state index in [-0.39, 0.29) is 0 Å². The zero-order valence-corrected chi connectivity index (χ0v) is 12.4. The number of urea groups is 1. The van der Waals surface area contributed by atoms with Crippen LogP contribution < -0.4 is 10.6 Å². The zero-order chi connectivity index (χ0) is 15.5. The van der Waals surface area contributed by atoms with Gasteiger partial charge >= 0.3 is 12.0 Å². The molecule has 0 aliphatic rings. The van der Waals surface area contributed by atoms with Gasteiger partial charge < -0.3 is 20.1 Å². The first-order chi connectivity index (χ1) is 10.2. The zero-order valence-electron chi connectivity index (χ0n) is 12.4. The molecule has 1 aromatic rings. The van der Waals surface area contributed by atoms with Crippen LogP contribution in [0.3, 0.4) is 0 Å². The van der Waals surface area contributed by atoms with Gasteiger partial charge in [-0.1, -0.05) is 30.3 Å². The van der Waals surface area contributed by atoms with Crippen molar-refractivity contribution in [1.29, 1.82) is 0 Å². The van der Waals surface area contributed by atoms with Gasteiger partial charge in [-0.2, -0.15) is 0 Å². The Balaban J connectivity index is 2.50. The maximum Gasteiger partial charge on any atom is 0.328 e. The first-order valence-electron chi connectivity index (χ1n) is 6.91. The second kappa shape index (κ2) is 9.77. The van der Waals surface area contributed by atoms with E-state index >= 15 is 0 Å². The monoisotopic (exact) mass is 294 g/mol. The van der Waals surface area contributed by atoms with E-state index in [0.717, 1.165) is 5.56 Å². The van der Waals surface area contributed by atoms with Gasteiger partial charge in [0.15, 0.2) is 0 Å². The summed E-state index contributed by atoms with van der Waals surface area (Å²) in [6.07, 6.45) is 0.381. The maximum atomic E-state index is 11.7. The van der Waals surface area contributed by atoms with Crippen LogP contribution in [0.2, 0.25) is 0 Å². The summed E-state index contributed by atoms with van der Waals surface area (Å²) >= 11 is 0. The molecule has 0 fully saturated rings. The molecule has 2 amide bonds. The van der Waals surface area contributed by atoms with Crippen LogP contribution >= 0.6 is 0 Å². The lowest BCUT2D eigenvalue weighted by atomic mass is 10.1. The van der Waals surface area contributed by atoms with Crippen molar-refractivity contribution in [3.63, 3.8) is 0 Å². The predicted molar refractivity (Wildman–Crippen MR) is 79.0 cm³/mol. The van der Waals surface area contributed by atoms with Crippen LogP contribution in [0.1, 0.15) is 12.5 Å². The van der Waals surface area contributed by atoms with Crippen LogP contribution in [0.5, 0.6) is 0 Å². The average Bonchev–Trinajstić information content (AvgIpc) is 2.51. The summed E-state index contributed by atoms with van der Waals surface area (Å²) in [4.78, 5) is 23.5. The fraction of sp³-hybridized carbons (Fsp3) is 0.467. The number of carbonyl (C=O) groups excluding carboxylic acids is 2. The second-order valence-corrected chi connectivity index (χ2v) is 4.36. The smallest absolute Gasteiger partial charge is 0.328 e. The van der Waals surface area contributed by atoms with Gasteiger partial charge in [0.2, 0.25) is 0 Å². The highest BCUT2D eigenvalue weighted by Crippen LogP contribution is 2.04. The number of ether oxygens (including phenoxy) is 2. The van der Waals surface area contributed by atoms with E-state index in [9.17, 15) is 9.59 Å². The second-order valence-electron chi connectivity index (χ2n) is 4.36. The lowest BCUT2D eigenvalue weighted by Crippen LogP contribution is -2.48. The molecule has 1 rings (SSSR count). The van der Waals surface area contributed by atoms with Crippen molar-refractivity contribution < 1.29 is 19.1 Å². The Morgan fingerprint density at radius 3 is 2.57 bits per heavy atom. The Morgan fingerprint density at radius 1 is 1.24 bits per heavy atom. The molecule has 0 saturated heterocycles. The van der Waals surface area contributed by atoms with Crippen LogP contribution in [0.4, 0.5) is 4.79 Å². The summed E-state index contributed by atoms with van der Waals surface area (Å²) in [5.74, 6) is -0.473. The minimum Gasteiger partial charge on any atom is -0.467 e. The van der Waals surface area contributed by atoms with Crippen LogP contribution in [-0.2, 0) is 20.7 Å². The number of carbonyl (C=O) groups is 2. The Hall–Kier alpha value is -2.08. The molecule has 0 aromatic heterocycles. The van der Waals surface area contributed by atoms with Gasteiger partial charge in [0.25, 0.3) is 0 Å². The third-order valence-corrected chi connectivity index (χ3v) is 2.81. The van der Waals surface area contributed by atoms with Crippen molar-refractivity contribution in [2.75, 3.05) is 26.9 Å². The number of methoxy groups -OCH3 is 1. The fourth-order valence-electron chi connectivity index (χ4n) is 1.78. The van der Waals surface area contributed by atoms with Crippen molar-refractivity contribution in [3.8, 4) is 0 Å². The summed E-state index contributed by atoms with van der Waals surface area (Å²) in [5.41, 5.74) is 0.947. The molecule has 116 valence electrons. The van der Waals surface area contributed by atoms with Crippen LogP contribution in [0.15, 0.2) is 30.3 Å². The van der Waals surface area contributed by atoms with Crippen LogP contribution in [-0.4, -0.2) is 44.9 Å². The molecule has 0 aliphatic heterocycles. The van der Waals surface area contributed by atoms with E-state index in [2.05, 4.69) is 10.6 Å². The van der Waals surface area contributed by atoms with Crippen molar-refractivity contribution in [3.05, 3.63) is 35.9 Å². The van der Waals surface area contributed by atoms with Gasteiger partial charge in [-0.15, -0.1) is 0 Å². The van der Waals surface area contributed by atoms with Crippen molar-refractivity contribution in [2.24, 2.45) is 0 Å². The molecule has 0 bridgehead atoms. The van der Waals surface area contributed by atoms with Crippen LogP contribution in [0.25, 0.3) is 0 Å². The summed E-state index contributed by atoms with van der Waals surface area (Å²) in [5, 5.41) is 5.24. The van der Waals surface area contributed by atoms with Gasteiger partial charge in [0, 0.05) is 19.6 Å². The number of amides is 2. The fourth-order valence-corrected chi connectivity index (χ4v) is 1.78. The molecular formula is C15H22N2O4. The number of esters is 1. The van der Waals surface area contributed by atoms with Gasteiger partial charge in [-0.25, -0.2) is 9.59 Å². The Labute approximate surface area is 124 Å². The van der Waals surface area contributed by atoms with Gasteiger partial charge in [0.1, 0.15) is 6.04 Å². The highest BCUT2D eigenvalue weighted by Gasteiger charge is 2.21. The first-order valence-corrected chi connectivity index (χ1v) is 6.91. The minimum absolute atomic E-state index is 0.381. The van der Waals surface area contributed by atoms with E-state index in [0.29, 0.717) is 26.2 Å². The standard InChI is InChI=1S/C15H22N2O4/c1-3-21-10-9-16-15(19)17-13(14(18)20-2)11-12-7-5-4-6-8-12/h4-8,13H,3,9-11H2,1-2H3,(H2,16,17,19)/t13-/m1/s1. The topological polar surface area (TPSA) is 76.7 Å². The summed E-state index contributed by atoms with van der Waals surface area (Å²) < 4.78 is 9.84. The van der Waals surface area contributed by atoms with E-state index in [1.165, 1.54) is 7.11 Å². The molecule has 0 spiro atoms. The van der Waals surface area contributed by atoms with Gasteiger partial charge in [-0.3, -0.25) is 0 Å². The van der Waals surface area contributed by atoms with Gasteiger partial charge in [-0.05, 0) is 12.5 Å². The predicted octanol–water partition coefficient (Wildman–Crippen LogP) is 1.11. The highest BCUT2D eigenvalue weighted by atomic mass is 16.5. The number of rotatable bonds is 8.